The van der Waals surface area contributed by atoms with Crippen molar-refractivity contribution in [2.45, 2.75) is 64.1 Å². The summed E-state index contributed by atoms with van der Waals surface area (Å²) in [6.45, 7) is 5.76. The molecule has 9 nitrogen and oxygen atoms in total. The predicted molar refractivity (Wildman–Crippen MR) is 130 cm³/mol. The van der Waals surface area contributed by atoms with Crippen molar-refractivity contribution < 1.29 is 13.7 Å². The average Bonchev–Trinajstić information content (AvgIpc) is 3.64. The first kappa shape index (κ1) is 22.8. The Balaban J connectivity index is 1.20. The Morgan fingerprint density at radius 3 is 2.78 bits per heavy atom. The topological polar surface area (TPSA) is 122 Å². The van der Waals surface area contributed by atoms with Gasteiger partial charge >= 0.3 is 11.8 Å². The summed E-state index contributed by atoms with van der Waals surface area (Å²) >= 11 is 0. The highest BCUT2D eigenvalue weighted by Crippen LogP contribution is 2.43. The Kier molecular flexibility index (Phi) is 5.36. The van der Waals surface area contributed by atoms with Gasteiger partial charge < -0.3 is 20.1 Å². The zero-order valence-corrected chi connectivity index (χ0v) is 20.4. The molecule has 3 unspecified atom stereocenters. The van der Waals surface area contributed by atoms with Crippen LogP contribution in [0.3, 0.4) is 0 Å². The van der Waals surface area contributed by atoms with E-state index in [1.807, 2.05) is 32.9 Å². The smallest absolute Gasteiger partial charge is 0.315 e. The molecule has 1 saturated heterocycles. The van der Waals surface area contributed by atoms with Crippen LogP contribution in [0.1, 0.15) is 74.0 Å². The Morgan fingerprint density at radius 2 is 2.08 bits per heavy atom. The van der Waals surface area contributed by atoms with E-state index in [-0.39, 0.29) is 23.9 Å². The molecular weight excluding hydrogens is 461 g/mol. The van der Waals surface area contributed by atoms with Crippen LogP contribution in [-0.2, 0) is 12.0 Å². The molecule has 1 amide bonds. The Labute approximate surface area is 207 Å². The second kappa shape index (κ2) is 8.48. The van der Waals surface area contributed by atoms with Crippen molar-refractivity contribution in [3.8, 4) is 11.1 Å². The summed E-state index contributed by atoms with van der Waals surface area (Å²) < 4.78 is 20.1. The first-order valence-electron chi connectivity index (χ1n) is 12.3. The van der Waals surface area contributed by atoms with Gasteiger partial charge in [-0.25, -0.2) is 14.4 Å². The van der Waals surface area contributed by atoms with Crippen molar-refractivity contribution in [3.05, 3.63) is 59.4 Å². The standard InChI is InChI=1S/C26H28FN7O2/c1-26(2,3)25-33-24(36-34-25)23(35)29-12-15-5-4-13(11-18(15)27)17-8-9-28-21-20(17)31-22(32-21)19-14-6-7-16(10-14)30-19/h4-5,8-9,11,14,16,19,30H,6-7,10,12H2,1-3H3,(H,29,35)(H,28,31,32). The largest absolute Gasteiger partial charge is 0.344 e. The van der Waals surface area contributed by atoms with Gasteiger partial charge in [0.1, 0.15) is 17.2 Å². The highest BCUT2D eigenvalue weighted by atomic mass is 19.1. The Hall–Kier alpha value is -3.66. The van der Waals surface area contributed by atoms with E-state index < -0.39 is 11.7 Å². The number of fused-ring (bicyclic) bond motifs is 3. The molecule has 36 heavy (non-hydrogen) atoms. The highest BCUT2D eigenvalue weighted by molar-refractivity contribution is 5.90. The summed E-state index contributed by atoms with van der Waals surface area (Å²) in [6, 6.07) is 7.59. The van der Waals surface area contributed by atoms with E-state index in [2.05, 4.69) is 30.7 Å². The number of imidazole rings is 1. The minimum absolute atomic E-state index is 0.00755. The van der Waals surface area contributed by atoms with Crippen LogP contribution >= 0.6 is 0 Å². The molecule has 1 aromatic carbocycles. The van der Waals surface area contributed by atoms with Gasteiger partial charge in [-0.05, 0) is 42.9 Å². The molecule has 2 bridgehead atoms. The van der Waals surface area contributed by atoms with Gasteiger partial charge in [-0.2, -0.15) is 4.98 Å². The molecule has 1 saturated carbocycles. The zero-order valence-electron chi connectivity index (χ0n) is 20.4. The summed E-state index contributed by atoms with van der Waals surface area (Å²) in [5.41, 5.74) is 2.93. The third kappa shape index (κ3) is 4.05. The fraction of sp³-hybridized carbons (Fsp3) is 0.423. The number of piperidine rings is 1. The van der Waals surface area contributed by atoms with Crippen molar-refractivity contribution in [1.82, 2.24) is 35.7 Å². The summed E-state index contributed by atoms with van der Waals surface area (Å²) in [5.74, 6) is 0.811. The van der Waals surface area contributed by atoms with Crippen LogP contribution < -0.4 is 10.6 Å². The number of aromatic nitrogens is 5. The van der Waals surface area contributed by atoms with E-state index in [1.165, 1.54) is 25.3 Å². The number of aromatic amines is 1. The Bertz CT molecular complexity index is 1450. The van der Waals surface area contributed by atoms with Gasteiger partial charge in [0.2, 0.25) is 0 Å². The van der Waals surface area contributed by atoms with Gasteiger partial charge in [0.05, 0.1) is 6.04 Å². The number of nitrogens with zero attached hydrogens (tertiary/aromatic N) is 4. The van der Waals surface area contributed by atoms with Gasteiger partial charge in [0, 0.05) is 35.3 Å². The maximum Gasteiger partial charge on any atom is 0.315 e. The number of carbonyl (C=O) groups is 1. The molecule has 3 N–H and O–H groups in total. The van der Waals surface area contributed by atoms with Crippen LogP contribution in [0.4, 0.5) is 4.39 Å². The minimum Gasteiger partial charge on any atom is -0.344 e. The van der Waals surface area contributed by atoms with Gasteiger partial charge in [0.15, 0.2) is 11.5 Å². The lowest BCUT2D eigenvalue weighted by atomic mass is 9.96. The lowest BCUT2D eigenvalue weighted by molar-refractivity contribution is 0.0906. The van der Waals surface area contributed by atoms with E-state index >= 15 is 4.39 Å². The number of amides is 1. The van der Waals surface area contributed by atoms with Gasteiger partial charge in [-0.3, -0.25) is 4.79 Å². The van der Waals surface area contributed by atoms with Crippen molar-refractivity contribution in [2.24, 2.45) is 5.92 Å². The van der Waals surface area contributed by atoms with E-state index in [0.717, 1.165) is 16.9 Å². The fourth-order valence-corrected chi connectivity index (χ4v) is 5.20. The van der Waals surface area contributed by atoms with Crippen molar-refractivity contribution >= 4 is 17.1 Å². The average molecular weight is 490 g/mol. The minimum atomic E-state index is -0.546. The first-order valence-corrected chi connectivity index (χ1v) is 12.3. The van der Waals surface area contributed by atoms with Crippen LogP contribution in [-0.4, -0.2) is 37.0 Å². The number of carbonyl (C=O) groups excluding carboxylic acids is 1. The predicted octanol–water partition coefficient (Wildman–Crippen LogP) is 4.19. The number of benzene rings is 1. The summed E-state index contributed by atoms with van der Waals surface area (Å²) in [5, 5.41) is 10.2. The van der Waals surface area contributed by atoms with Gasteiger partial charge in [-0.15, -0.1) is 0 Å². The first-order chi connectivity index (χ1) is 17.3. The number of pyridine rings is 1. The lowest BCUT2D eigenvalue weighted by Gasteiger charge is -2.20. The highest BCUT2D eigenvalue weighted by Gasteiger charge is 2.41. The summed E-state index contributed by atoms with van der Waals surface area (Å²) in [4.78, 5) is 29.2. The van der Waals surface area contributed by atoms with Gasteiger partial charge in [-0.1, -0.05) is 38.1 Å². The number of halogens is 1. The monoisotopic (exact) mass is 489 g/mol. The molecule has 0 radical (unpaired) electrons. The maximum absolute atomic E-state index is 15.0. The van der Waals surface area contributed by atoms with Crippen LogP contribution in [0.2, 0.25) is 0 Å². The number of hydrogen-bond donors (Lipinski definition) is 3. The molecule has 10 heteroatoms. The third-order valence-corrected chi connectivity index (χ3v) is 7.15. The van der Waals surface area contributed by atoms with Gasteiger partial charge in [0.25, 0.3) is 0 Å². The number of nitrogens with one attached hydrogen (secondary N) is 3. The second-order valence-electron chi connectivity index (χ2n) is 10.8. The van der Waals surface area contributed by atoms with Crippen molar-refractivity contribution in [3.63, 3.8) is 0 Å². The van der Waals surface area contributed by atoms with Crippen LogP contribution in [0.25, 0.3) is 22.3 Å². The normalized spacial score (nSPS) is 21.4. The molecule has 3 atom stereocenters. The summed E-state index contributed by atoms with van der Waals surface area (Å²) in [6.07, 6.45) is 5.34. The molecule has 2 aliphatic rings. The van der Waals surface area contributed by atoms with Crippen LogP contribution in [0.5, 0.6) is 0 Å². The number of H-pyrrole nitrogens is 1. The maximum atomic E-state index is 15.0. The van der Waals surface area contributed by atoms with E-state index in [4.69, 9.17) is 9.51 Å². The second-order valence-corrected chi connectivity index (χ2v) is 10.8. The fourth-order valence-electron chi connectivity index (χ4n) is 5.20. The summed E-state index contributed by atoms with van der Waals surface area (Å²) in [7, 11) is 0. The SMILES string of the molecule is CC(C)(C)c1noc(C(=O)NCc2ccc(-c3ccnc4[nH]c(C5NC6CCC5C6)nc34)cc2F)n1. The molecule has 4 aromatic rings. The van der Waals surface area contributed by atoms with Crippen LogP contribution in [0.15, 0.2) is 35.0 Å². The number of hydrogen-bond acceptors (Lipinski definition) is 7. The molecule has 1 aliphatic heterocycles. The van der Waals surface area contributed by atoms with E-state index in [1.54, 1.807) is 12.3 Å². The van der Waals surface area contributed by atoms with Crippen molar-refractivity contribution in [2.75, 3.05) is 0 Å². The zero-order chi connectivity index (χ0) is 25.0. The molecule has 4 heterocycles. The third-order valence-electron chi connectivity index (χ3n) is 7.15. The molecule has 2 fully saturated rings. The molecule has 0 spiro atoms. The van der Waals surface area contributed by atoms with Crippen LogP contribution in [0, 0.1) is 11.7 Å². The Morgan fingerprint density at radius 1 is 1.22 bits per heavy atom. The lowest BCUT2D eigenvalue weighted by Crippen LogP contribution is -2.29. The molecule has 186 valence electrons. The quantitative estimate of drug-likeness (QED) is 0.384. The molecule has 1 aliphatic carbocycles. The van der Waals surface area contributed by atoms with E-state index in [0.29, 0.717) is 34.6 Å². The molecule has 3 aromatic heterocycles. The number of rotatable bonds is 5. The molecular formula is C26H28FN7O2. The van der Waals surface area contributed by atoms with Crippen molar-refractivity contribution in [1.29, 1.82) is 0 Å². The molecule has 6 rings (SSSR count). The van der Waals surface area contributed by atoms with E-state index in [9.17, 15) is 4.79 Å².